The van der Waals surface area contributed by atoms with E-state index in [0.29, 0.717) is 17.5 Å². The second kappa shape index (κ2) is 13.2. The van der Waals surface area contributed by atoms with Crippen LogP contribution in [0.1, 0.15) is 0 Å². The molecular formula is C47H43N3Si2. The minimum absolute atomic E-state index is 0.669. The first kappa shape index (κ1) is 33.6. The summed E-state index contributed by atoms with van der Waals surface area (Å²) in [5.41, 5.74) is 7.65. The number of rotatable bonds is 7. The van der Waals surface area contributed by atoms with E-state index >= 15 is 0 Å². The molecule has 8 aromatic rings. The first-order valence-corrected chi connectivity index (χ1v) is 25.1. The van der Waals surface area contributed by atoms with Crippen molar-refractivity contribution in [1.82, 2.24) is 15.0 Å². The van der Waals surface area contributed by atoms with Crippen LogP contribution < -0.4 is 10.4 Å². The van der Waals surface area contributed by atoms with Crippen LogP contribution in [0.2, 0.25) is 39.3 Å². The Kier molecular flexibility index (Phi) is 8.56. The summed E-state index contributed by atoms with van der Waals surface area (Å²) in [6.45, 7) is 14.2. The van der Waals surface area contributed by atoms with Gasteiger partial charge in [-0.05, 0) is 62.0 Å². The van der Waals surface area contributed by atoms with Crippen molar-refractivity contribution in [2.75, 3.05) is 0 Å². The molecule has 254 valence electrons. The fourth-order valence-corrected chi connectivity index (χ4v) is 9.33. The molecule has 52 heavy (non-hydrogen) atoms. The zero-order valence-corrected chi connectivity index (χ0v) is 32.8. The van der Waals surface area contributed by atoms with Crippen molar-refractivity contribution in [3.05, 3.63) is 152 Å². The fourth-order valence-electron chi connectivity index (χ4n) is 7.00. The highest BCUT2D eigenvalue weighted by molar-refractivity contribution is 6.89. The first-order valence-electron chi connectivity index (χ1n) is 18.1. The number of hydrogen-bond acceptors (Lipinski definition) is 3. The molecule has 0 fully saturated rings. The summed E-state index contributed by atoms with van der Waals surface area (Å²) in [5.74, 6) is 2.04. The highest BCUT2D eigenvalue weighted by Crippen LogP contribution is 2.37. The molecule has 0 N–H and O–H groups in total. The third-order valence-corrected chi connectivity index (χ3v) is 14.2. The fraction of sp³-hybridized carbons (Fsp3) is 0.128. The lowest BCUT2D eigenvalue weighted by Gasteiger charge is -2.17. The zero-order valence-electron chi connectivity index (χ0n) is 30.8. The van der Waals surface area contributed by atoms with Crippen molar-refractivity contribution in [2.45, 2.75) is 39.3 Å². The summed E-state index contributed by atoms with van der Waals surface area (Å²) in [4.78, 5) is 15.3. The summed E-state index contributed by atoms with van der Waals surface area (Å²) < 4.78 is 0. The standard InChI is InChI=1S/C47H43N3Si2/c1-51(2,3)39-25-21-32(22-26-39)45-48-46(33-23-27-40(28-24-33)52(4,5)6)50-47(49-45)38-17-12-15-35(30-38)34-14-11-16-36(29-34)44-31-37-13-7-8-18-41(37)42-19-9-10-20-43(42)44/h7-31H,1-6H3. The van der Waals surface area contributed by atoms with Crippen molar-refractivity contribution in [3.8, 4) is 56.4 Å². The Bertz CT molecular complexity index is 2500. The number of nitrogens with zero attached hydrogens (tertiary/aromatic N) is 3. The molecule has 0 amide bonds. The molecule has 0 bridgehead atoms. The molecule has 0 atom stereocenters. The van der Waals surface area contributed by atoms with Crippen LogP contribution >= 0.6 is 0 Å². The maximum Gasteiger partial charge on any atom is 0.164 e. The van der Waals surface area contributed by atoms with Gasteiger partial charge in [0.15, 0.2) is 17.5 Å². The van der Waals surface area contributed by atoms with Crippen molar-refractivity contribution in [1.29, 1.82) is 0 Å². The molecule has 0 saturated carbocycles. The third-order valence-electron chi connectivity index (χ3n) is 10.0. The van der Waals surface area contributed by atoms with E-state index in [2.05, 4.69) is 191 Å². The van der Waals surface area contributed by atoms with Crippen LogP contribution in [-0.4, -0.2) is 31.1 Å². The molecule has 1 aromatic heterocycles. The maximum absolute atomic E-state index is 5.11. The SMILES string of the molecule is C[Si](C)(C)c1ccc(-c2nc(-c3ccc([Si](C)(C)C)cc3)nc(-c3cccc(-c4cccc(-c5cc6ccccc6c6ccccc56)c4)c3)n2)cc1. The van der Waals surface area contributed by atoms with Crippen LogP contribution in [0.4, 0.5) is 0 Å². The van der Waals surface area contributed by atoms with Gasteiger partial charge in [0.1, 0.15) is 0 Å². The van der Waals surface area contributed by atoms with E-state index in [1.54, 1.807) is 0 Å². The van der Waals surface area contributed by atoms with Gasteiger partial charge < -0.3 is 0 Å². The average Bonchev–Trinajstić information content (AvgIpc) is 3.17. The van der Waals surface area contributed by atoms with Gasteiger partial charge in [-0.25, -0.2) is 15.0 Å². The Morgan fingerprint density at radius 2 is 0.750 bits per heavy atom. The van der Waals surface area contributed by atoms with Gasteiger partial charge in [0.05, 0.1) is 16.1 Å². The largest absolute Gasteiger partial charge is 0.208 e. The first-order chi connectivity index (χ1) is 25.0. The van der Waals surface area contributed by atoms with Crippen molar-refractivity contribution >= 4 is 48.1 Å². The number of benzene rings is 7. The number of aromatic nitrogens is 3. The predicted octanol–water partition coefficient (Wildman–Crippen LogP) is 11.6. The quantitative estimate of drug-likeness (QED) is 0.122. The van der Waals surface area contributed by atoms with E-state index in [9.17, 15) is 0 Å². The molecule has 7 aromatic carbocycles. The molecule has 0 radical (unpaired) electrons. The molecule has 8 rings (SSSR count). The van der Waals surface area contributed by atoms with E-state index < -0.39 is 16.1 Å². The summed E-state index contributed by atoms with van der Waals surface area (Å²) in [6, 6.07) is 54.9. The molecule has 0 unspecified atom stereocenters. The van der Waals surface area contributed by atoms with E-state index in [-0.39, 0.29) is 0 Å². The van der Waals surface area contributed by atoms with Gasteiger partial charge in [-0.2, -0.15) is 0 Å². The highest BCUT2D eigenvalue weighted by atomic mass is 28.3. The second-order valence-electron chi connectivity index (χ2n) is 15.8. The molecule has 1 heterocycles. The summed E-state index contributed by atoms with van der Waals surface area (Å²) in [5, 5.41) is 7.89. The van der Waals surface area contributed by atoms with Gasteiger partial charge >= 0.3 is 0 Å². The minimum Gasteiger partial charge on any atom is -0.208 e. The molecule has 0 aliphatic heterocycles. The van der Waals surface area contributed by atoms with Crippen molar-refractivity contribution < 1.29 is 0 Å². The van der Waals surface area contributed by atoms with E-state index in [0.717, 1.165) is 27.8 Å². The normalized spacial score (nSPS) is 12.0. The molecule has 5 heteroatoms. The topological polar surface area (TPSA) is 38.7 Å². The van der Waals surface area contributed by atoms with Crippen LogP contribution in [0.15, 0.2) is 152 Å². The third kappa shape index (κ3) is 6.65. The number of fused-ring (bicyclic) bond motifs is 3. The van der Waals surface area contributed by atoms with Gasteiger partial charge in [-0.1, -0.05) is 183 Å². The van der Waals surface area contributed by atoms with Crippen molar-refractivity contribution in [2.24, 2.45) is 0 Å². The predicted molar refractivity (Wildman–Crippen MR) is 228 cm³/mol. The second-order valence-corrected chi connectivity index (χ2v) is 26.0. The lowest BCUT2D eigenvalue weighted by atomic mass is 9.91. The maximum atomic E-state index is 5.11. The summed E-state index contributed by atoms with van der Waals surface area (Å²) >= 11 is 0. The minimum atomic E-state index is -1.45. The van der Waals surface area contributed by atoms with Gasteiger partial charge in [0.2, 0.25) is 0 Å². The number of hydrogen-bond donors (Lipinski definition) is 0. The van der Waals surface area contributed by atoms with Crippen molar-refractivity contribution in [3.63, 3.8) is 0 Å². The van der Waals surface area contributed by atoms with Crippen LogP contribution in [0, 0.1) is 0 Å². The highest BCUT2D eigenvalue weighted by Gasteiger charge is 2.19. The lowest BCUT2D eigenvalue weighted by Crippen LogP contribution is -2.37. The Hall–Kier alpha value is -5.50. The molecule has 0 spiro atoms. The van der Waals surface area contributed by atoms with Crippen LogP contribution in [0.25, 0.3) is 78.0 Å². The van der Waals surface area contributed by atoms with Crippen LogP contribution in [0.5, 0.6) is 0 Å². The summed E-state index contributed by atoms with van der Waals surface area (Å²) in [7, 11) is -2.89. The molecule has 3 nitrogen and oxygen atoms in total. The molecular weight excluding hydrogens is 663 g/mol. The van der Waals surface area contributed by atoms with E-state index in [1.807, 2.05) is 0 Å². The Morgan fingerprint density at radius 1 is 0.327 bits per heavy atom. The Balaban J connectivity index is 1.22. The molecule has 0 aliphatic carbocycles. The monoisotopic (exact) mass is 705 g/mol. The van der Waals surface area contributed by atoms with Gasteiger partial charge in [0.25, 0.3) is 0 Å². The summed E-state index contributed by atoms with van der Waals surface area (Å²) in [6.07, 6.45) is 0. The van der Waals surface area contributed by atoms with E-state index in [4.69, 9.17) is 15.0 Å². The lowest BCUT2D eigenvalue weighted by molar-refractivity contribution is 1.07. The van der Waals surface area contributed by atoms with E-state index in [1.165, 1.54) is 43.0 Å². The Labute approximate surface area is 309 Å². The molecule has 0 saturated heterocycles. The smallest absolute Gasteiger partial charge is 0.164 e. The van der Waals surface area contributed by atoms with Crippen LogP contribution in [-0.2, 0) is 0 Å². The average molecular weight is 706 g/mol. The Morgan fingerprint density at radius 3 is 1.29 bits per heavy atom. The van der Waals surface area contributed by atoms with Gasteiger partial charge in [-0.15, -0.1) is 0 Å². The zero-order chi connectivity index (χ0) is 36.0. The van der Waals surface area contributed by atoms with Gasteiger partial charge in [0, 0.05) is 16.7 Å². The van der Waals surface area contributed by atoms with Crippen LogP contribution in [0.3, 0.4) is 0 Å². The molecule has 0 aliphatic rings. The van der Waals surface area contributed by atoms with Gasteiger partial charge in [-0.3, -0.25) is 0 Å².